The SMILES string of the molecule is CON=C(C([NH])=O)c1ccsc1. The summed E-state index contributed by atoms with van der Waals surface area (Å²) in [6, 6.07) is 1.72. The zero-order valence-electron chi connectivity index (χ0n) is 6.40. The number of amides is 1. The van der Waals surface area contributed by atoms with Crippen molar-refractivity contribution in [2.24, 2.45) is 5.16 Å². The van der Waals surface area contributed by atoms with Crippen LogP contribution in [0.1, 0.15) is 5.56 Å². The molecule has 1 heterocycles. The van der Waals surface area contributed by atoms with E-state index in [2.05, 4.69) is 9.99 Å². The molecule has 12 heavy (non-hydrogen) atoms. The van der Waals surface area contributed by atoms with Crippen LogP contribution >= 0.6 is 11.3 Å². The van der Waals surface area contributed by atoms with Gasteiger partial charge in [-0.2, -0.15) is 11.3 Å². The fraction of sp³-hybridized carbons (Fsp3) is 0.143. The number of hydrogen-bond donors (Lipinski definition) is 0. The largest absolute Gasteiger partial charge is 0.398 e. The molecule has 0 atom stereocenters. The summed E-state index contributed by atoms with van der Waals surface area (Å²) < 4.78 is 0. The van der Waals surface area contributed by atoms with Gasteiger partial charge in [0.25, 0.3) is 5.91 Å². The number of oxime groups is 1. The predicted molar refractivity (Wildman–Crippen MR) is 46.0 cm³/mol. The van der Waals surface area contributed by atoms with Gasteiger partial charge in [-0.1, -0.05) is 5.16 Å². The van der Waals surface area contributed by atoms with E-state index in [1.807, 2.05) is 5.38 Å². The summed E-state index contributed by atoms with van der Waals surface area (Å²) in [7, 11) is 1.34. The first-order valence-corrected chi connectivity index (χ1v) is 4.09. The number of carbonyl (C=O) groups is 1. The molecule has 1 amide bonds. The summed E-state index contributed by atoms with van der Waals surface area (Å²) >= 11 is 1.44. The molecule has 0 saturated heterocycles. The Hall–Kier alpha value is -1.36. The molecule has 0 unspecified atom stereocenters. The Bertz CT molecular complexity index is 292. The first-order valence-electron chi connectivity index (χ1n) is 3.15. The molecule has 0 aliphatic rings. The Morgan fingerprint density at radius 1 is 1.75 bits per heavy atom. The molecule has 1 radical (unpaired) electrons. The van der Waals surface area contributed by atoms with Crippen molar-refractivity contribution >= 4 is 23.0 Å². The van der Waals surface area contributed by atoms with Crippen LogP contribution in [0.25, 0.3) is 0 Å². The monoisotopic (exact) mass is 183 g/mol. The van der Waals surface area contributed by atoms with Gasteiger partial charge in [0.1, 0.15) is 7.11 Å². The molecule has 1 rings (SSSR count). The van der Waals surface area contributed by atoms with E-state index < -0.39 is 5.91 Å². The number of carbonyl (C=O) groups excluding carboxylic acids is 1. The van der Waals surface area contributed by atoms with Crippen molar-refractivity contribution in [1.82, 2.24) is 5.73 Å². The lowest BCUT2D eigenvalue weighted by Gasteiger charge is -1.95. The van der Waals surface area contributed by atoms with E-state index >= 15 is 0 Å². The van der Waals surface area contributed by atoms with Gasteiger partial charge in [-0.25, -0.2) is 0 Å². The van der Waals surface area contributed by atoms with Crippen LogP contribution in [0, 0.1) is 0 Å². The smallest absolute Gasteiger partial charge is 0.292 e. The third-order valence-corrected chi connectivity index (χ3v) is 1.88. The Labute approximate surface area is 73.6 Å². The van der Waals surface area contributed by atoms with E-state index in [1.165, 1.54) is 18.4 Å². The fourth-order valence-electron chi connectivity index (χ4n) is 0.716. The summed E-state index contributed by atoms with van der Waals surface area (Å²) in [5, 5.41) is 7.00. The molecule has 1 aromatic rings. The third-order valence-electron chi connectivity index (χ3n) is 1.19. The Morgan fingerprint density at radius 3 is 2.92 bits per heavy atom. The number of nitrogens with one attached hydrogen (secondary N) is 1. The van der Waals surface area contributed by atoms with Crippen LogP contribution in [0.3, 0.4) is 0 Å². The van der Waals surface area contributed by atoms with E-state index in [1.54, 1.807) is 11.4 Å². The third kappa shape index (κ3) is 1.82. The van der Waals surface area contributed by atoms with Crippen molar-refractivity contribution in [2.75, 3.05) is 7.11 Å². The Balaban J connectivity index is 2.96. The second-order valence-corrected chi connectivity index (χ2v) is 2.74. The van der Waals surface area contributed by atoms with Gasteiger partial charge < -0.3 is 4.84 Å². The highest BCUT2D eigenvalue weighted by Crippen LogP contribution is 2.07. The van der Waals surface area contributed by atoms with E-state index in [0.29, 0.717) is 5.56 Å². The average Bonchev–Trinajstić information content (AvgIpc) is 2.51. The zero-order chi connectivity index (χ0) is 8.97. The lowest BCUT2D eigenvalue weighted by atomic mass is 10.2. The first kappa shape index (κ1) is 8.73. The minimum atomic E-state index is -0.838. The molecule has 1 aromatic heterocycles. The van der Waals surface area contributed by atoms with Gasteiger partial charge in [-0.15, -0.1) is 0 Å². The molecule has 0 saturated carbocycles. The maximum Gasteiger partial charge on any atom is 0.292 e. The van der Waals surface area contributed by atoms with E-state index in [4.69, 9.17) is 5.73 Å². The molecule has 63 valence electrons. The van der Waals surface area contributed by atoms with Gasteiger partial charge in [-0.05, 0) is 11.4 Å². The van der Waals surface area contributed by atoms with Gasteiger partial charge in [0.15, 0.2) is 5.71 Å². The van der Waals surface area contributed by atoms with E-state index in [9.17, 15) is 4.79 Å². The maximum atomic E-state index is 10.7. The van der Waals surface area contributed by atoms with Crippen LogP contribution in [0.4, 0.5) is 0 Å². The highest BCUT2D eigenvalue weighted by molar-refractivity contribution is 7.08. The van der Waals surface area contributed by atoms with Crippen LogP contribution < -0.4 is 5.73 Å². The van der Waals surface area contributed by atoms with Crippen LogP contribution in [-0.2, 0) is 9.63 Å². The zero-order valence-corrected chi connectivity index (χ0v) is 7.22. The van der Waals surface area contributed by atoms with Crippen molar-refractivity contribution in [2.45, 2.75) is 0 Å². The van der Waals surface area contributed by atoms with Crippen LogP contribution in [-0.4, -0.2) is 18.7 Å². The van der Waals surface area contributed by atoms with Gasteiger partial charge in [0, 0.05) is 10.9 Å². The molecule has 4 nitrogen and oxygen atoms in total. The summed E-state index contributed by atoms with van der Waals surface area (Å²) in [4.78, 5) is 15.1. The molecular weight excluding hydrogens is 176 g/mol. The van der Waals surface area contributed by atoms with Crippen molar-refractivity contribution in [3.63, 3.8) is 0 Å². The van der Waals surface area contributed by atoms with Gasteiger partial charge in [-0.3, -0.25) is 10.5 Å². The minimum absolute atomic E-state index is 0.0405. The highest BCUT2D eigenvalue weighted by Gasteiger charge is 2.11. The summed E-state index contributed by atoms with van der Waals surface area (Å²) in [5.41, 5.74) is 7.54. The van der Waals surface area contributed by atoms with Crippen molar-refractivity contribution < 1.29 is 9.63 Å². The quantitative estimate of drug-likeness (QED) is 0.516. The number of nitrogens with zero attached hydrogens (tertiary/aromatic N) is 1. The number of rotatable bonds is 3. The normalized spacial score (nSPS) is 11.2. The average molecular weight is 183 g/mol. The second-order valence-electron chi connectivity index (χ2n) is 1.96. The van der Waals surface area contributed by atoms with Crippen LogP contribution in [0.5, 0.6) is 0 Å². The summed E-state index contributed by atoms with van der Waals surface area (Å²) in [6.45, 7) is 0. The molecule has 0 aliphatic heterocycles. The summed E-state index contributed by atoms with van der Waals surface area (Å²) in [6.07, 6.45) is 0. The van der Waals surface area contributed by atoms with Gasteiger partial charge in [0.2, 0.25) is 0 Å². The molecule has 5 heteroatoms. The lowest BCUT2D eigenvalue weighted by molar-refractivity contribution is -0.112. The number of thiophene rings is 1. The van der Waals surface area contributed by atoms with Crippen molar-refractivity contribution in [3.05, 3.63) is 22.4 Å². The Kier molecular flexibility index (Phi) is 2.82. The number of hydrogen-bond acceptors (Lipinski definition) is 4. The molecule has 0 aliphatic carbocycles. The second kappa shape index (κ2) is 3.87. The highest BCUT2D eigenvalue weighted by atomic mass is 32.1. The lowest BCUT2D eigenvalue weighted by Crippen LogP contribution is -2.15. The van der Waals surface area contributed by atoms with Crippen molar-refractivity contribution in [3.8, 4) is 0 Å². The molecule has 0 spiro atoms. The fourth-order valence-corrected chi connectivity index (χ4v) is 1.36. The molecule has 0 aromatic carbocycles. The van der Waals surface area contributed by atoms with Crippen molar-refractivity contribution in [1.29, 1.82) is 0 Å². The maximum absolute atomic E-state index is 10.7. The molecule has 0 fully saturated rings. The summed E-state index contributed by atoms with van der Waals surface area (Å²) in [5.74, 6) is -0.838. The molecular formula is C7H7N2O2S. The van der Waals surface area contributed by atoms with E-state index in [-0.39, 0.29) is 5.71 Å². The first-order chi connectivity index (χ1) is 5.75. The van der Waals surface area contributed by atoms with Crippen LogP contribution in [0.15, 0.2) is 22.0 Å². The molecule has 0 bridgehead atoms. The predicted octanol–water partition coefficient (Wildman–Crippen LogP) is 0.908. The van der Waals surface area contributed by atoms with Crippen LogP contribution in [0.2, 0.25) is 0 Å². The topological polar surface area (TPSA) is 62.5 Å². The van der Waals surface area contributed by atoms with Gasteiger partial charge in [0.05, 0.1) is 0 Å². The van der Waals surface area contributed by atoms with Gasteiger partial charge >= 0.3 is 0 Å². The van der Waals surface area contributed by atoms with E-state index in [0.717, 1.165) is 0 Å². The standard InChI is InChI=1S/C7H7N2O2S/c1-11-9-6(7(8)10)5-2-3-12-4-5/h2-4,8H,1H3. The minimum Gasteiger partial charge on any atom is -0.398 e. The Morgan fingerprint density at radius 2 is 2.50 bits per heavy atom. The molecule has 1 N–H and O–H groups in total.